The van der Waals surface area contributed by atoms with Gasteiger partial charge in [0.15, 0.2) is 21.7 Å². The Morgan fingerprint density at radius 1 is 0.652 bits per heavy atom. The van der Waals surface area contributed by atoms with Gasteiger partial charge in [-0.25, -0.2) is 8.42 Å². The van der Waals surface area contributed by atoms with Crippen molar-refractivity contribution in [3.05, 3.63) is 0 Å². The van der Waals surface area contributed by atoms with E-state index in [1.165, 1.54) is 51.4 Å². The molecular weight excluding hydrogens is 727 g/mol. The van der Waals surface area contributed by atoms with E-state index in [0.29, 0.717) is 16.7 Å². The summed E-state index contributed by atoms with van der Waals surface area (Å²) in [7, 11) is -7.79. The Bertz CT molecular complexity index is 1100. The molecule has 0 heterocycles. The van der Waals surface area contributed by atoms with Crippen molar-refractivity contribution >= 4 is 26.8 Å². The maximum Gasteiger partial charge on any atom is 0.460 e. The molecule has 1 rings (SSSR count). The summed E-state index contributed by atoms with van der Waals surface area (Å²) in [6.45, 7) is 2.22. The average molecular weight is 757 g/mol. The summed E-state index contributed by atoms with van der Waals surface area (Å²) in [5.41, 5.74) is 0. The van der Waals surface area contributed by atoms with Gasteiger partial charge in [-0.15, -0.1) is 0 Å². The lowest BCUT2D eigenvalue weighted by atomic mass is 9.91. The molecule has 1 aliphatic carbocycles. The molecule has 276 valence electrons. The van der Waals surface area contributed by atoms with Crippen LogP contribution >= 0.6 is 0 Å². The van der Waals surface area contributed by atoms with Gasteiger partial charge in [0, 0.05) is 6.42 Å². The number of carbonyl (C=O) groups excluding carboxylic acids is 1. The summed E-state index contributed by atoms with van der Waals surface area (Å²) in [6, 6.07) is 0. The molecule has 0 spiro atoms. The smallest absolute Gasteiger partial charge is 0.460 e. The van der Waals surface area contributed by atoms with Crippen LogP contribution in [0.4, 0.5) is 74.6 Å². The lowest BCUT2D eigenvalue weighted by molar-refractivity contribution is -0.458. The van der Waals surface area contributed by atoms with Gasteiger partial charge in [-0.1, -0.05) is 32.6 Å². The van der Waals surface area contributed by atoms with Crippen LogP contribution in [-0.4, -0.2) is 83.0 Å². The number of alkyl halides is 17. The Kier molecular flexibility index (Phi) is 14.7. The average Bonchev–Trinajstić information content (AvgIpc) is 2.90. The van der Waals surface area contributed by atoms with Gasteiger partial charge >= 0.3 is 47.0 Å². The molecule has 0 amide bonds. The first-order chi connectivity index (χ1) is 20.2. The van der Waals surface area contributed by atoms with Crippen molar-refractivity contribution in [2.24, 2.45) is 0 Å². The van der Waals surface area contributed by atoms with Crippen LogP contribution in [0.1, 0.15) is 71.1 Å². The second-order valence-electron chi connectivity index (χ2n) is 10.4. The minimum Gasteiger partial charge on any atom is -0.743 e. The van der Waals surface area contributed by atoms with E-state index < -0.39 is 57.1 Å². The van der Waals surface area contributed by atoms with E-state index in [1.54, 1.807) is 0 Å². The topological polar surface area (TPSA) is 74.3 Å². The molecule has 1 aliphatic rings. The van der Waals surface area contributed by atoms with Gasteiger partial charge in [-0.2, -0.15) is 74.6 Å². The molecule has 0 aromatic heterocycles. The molecule has 0 aromatic carbocycles. The third-order valence-electron chi connectivity index (χ3n) is 6.83. The first-order valence-electron chi connectivity index (χ1n) is 13.0. The predicted octanol–water partition coefficient (Wildman–Crippen LogP) is 8.61. The van der Waals surface area contributed by atoms with Crippen LogP contribution in [-0.2, 0) is 25.8 Å². The van der Waals surface area contributed by atoms with Gasteiger partial charge in [-0.05, 0) is 43.0 Å². The maximum atomic E-state index is 13.0. The molecule has 4 nitrogen and oxygen atoms in total. The highest BCUT2D eigenvalue weighted by Gasteiger charge is 2.95. The summed E-state index contributed by atoms with van der Waals surface area (Å²) >= 11 is 0. The predicted molar refractivity (Wildman–Crippen MR) is 129 cm³/mol. The van der Waals surface area contributed by atoms with Crippen LogP contribution in [0.3, 0.4) is 0 Å². The number of Topliss-reactive ketones (excluding diaryl/α,β-unsaturated/α-hetero) is 1. The van der Waals surface area contributed by atoms with E-state index in [1.807, 2.05) is 0 Å². The SMILES string of the molecule is CCCCCCC(=O)C[S+](C)C1CCCCC1.O=S(=O)([O-])C(F)(F)C(F)(F)C(F)(F)C(F)(F)C(F)(F)C(F)(F)C(F)(F)C(F)(F)F. The number of carbonyl (C=O) groups is 1. The van der Waals surface area contributed by atoms with Gasteiger partial charge in [0.1, 0.15) is 5.25 Å². The van der Waals surface area contributed by atoms with Gasteiger partial charge in [0.2, 0.25) is 0 Å². The third-order valence-corrected chi connectivity index (χ3v) is 10.1. The van der Waals surface area contributed by atoms with Crippen LogP contribution in [0, 0.1) is 0 Å². The molecule has 0 radical (unpaired) electrons. The van der Waals surface area contributed by atoms with Crippen molar-refractivity contribution < 1.29 is 92.4 Å². The number of rotatable bonds is 15. The number of halogens is 17. The first-order valence-corrected chi connectivity index (χ1v) is 16.3. The quantitative estimate of drug-likeness (QED) is 0.0727. The summed E-state index contributed by atoms with van der Waals surface area (Å²) in [5, 5.41) is -7.09. The lowest BCUT2D eigenvalue weighted by Crippen LogP contribution is -2.75. The third kappa shape index (κ3) is 8.66. The highest BCUT2D eigenvalue weighted by Crippen LogP contribution is 2.64. The van der Waals surface area contributed by atoms with E-state index in [-0.39, 0.29) is 0 Å². The van der Waals surface area contributed by atoms with Gasteiger partial charge in [-0.3, -0.25) is 4.79 Å². The molecule has 1 unspecified atom stereocenters. The van der Waals surface area contributed by atoms with Crippen LogP contribution in [0.15, 0.2) is 0 Å². The van der Waals surface area contributed by atoms with Crippen molar-refractivity contribution in [1.29, 1.82) is 0 Å². The van der Waals surface area contributed by atoms with Crippen molar-refractivity contribution in [1.82, 2.24) is 0 Å². The molecule has 1 fully saturated rings. The molecule has 1 atom stereocenters. The van der Waals surface area contributed by atoms with E-state index in [9.17, 15) is 92.4 Å². The Labute approximate surface area is 254 Å². The van der Waals surface area contributed by atoms with E-state index in [4.69, 9.17) is 0 Å². The summed E-state index contributed by atoms with van der Waals surface area (Å²) in [5.74, 6) is -50.7. The summed E-state index contributed by atoms with van der Waals surface area (Å²) < 4.78 is 244. The van der Waals surface area contributed by atoms with Gasteiger partial charge < -0.3 is 4.55 Å². The monoisotopic (exact) mass is 756 g/mol. The number of ketones is 1. The fourth-order valence-corrected chi connectivity index (χ4v) is 6.43. The standard InChI is InChI=1S/C15H29OS.C8HF17O3S/c1-3-4-5-7-10-14(16)13-17(2)15-11-8-6-9-12-15;9-1(10,3(13,14)5(17,18)7(21,22)23)2(11,12)4(15,16)6(19,20)8(24,25)29(26,27)28/h15H,3-13H2,1-2H3;(H,26,27,28)/q+1;/p-1. The number of hydrogen-bond donors (Lipinski definition) is 0. The van der Waals surface area contributed by atoms with Gasteiger partial charge in [0.25, 0.3) is 0 Å². The number of unbranched alkanes of at least 4 members (excludes halogenated alkanes) is 3. The van der Waals surface area contributed by atoms with Gasteiger partial charge in [0.05, 0.1) is 6.26 Å². The minimum atomic E-state index is -8.92. The molecule has 0 N–H and O–H groups in total. The molecule has 0 bridgehead atoms. The zero-order chi connectivity index (χ0) is 37.0. The molecule has 46 heavy (non-hydrogen) atoms. The highest BCUT2D eigenvalue weighted by molar-refractivity contribution is 7.97. The van der Waals surface area contributed by atoms with Crippen LogP contribution < -0.4 is 0 Å². The highest BCUT2D eigenvalue weighted by atomic mass is 32.2. The molecule has 0 saturated heterocycles. The second kappa shape index (κ2) is 15.1. The minimum absolute atomic E-state index is 0.357. The normalized spacial score (nSPS) is 17.7. The fraction of sp³-hybridized carbons (Fsp3) is 0.957. The molecular formula is C23H29F17O4S2. The second-order valence-corrected chi connectivity index (χ2v) is 14.1. The molecule has 0 aromatic rings. The zero-order valence-corrected chi connectivity index (χ0v) is 25.4. The zero-order valence-electron chi connectivity index (χ0n) is 23.7. The van der Waals surface area contributed by atoms with Crippen LogP contribution in [0.2, 0.25) is 0 Å². The van der Waals surface area contributed by atoms with Crippen molar-refractivity contribution in [3.8, 4) is 0 Å². The molecule has 0 aliphatic heterocycles. The maximum absolute atomic E-state index is 13.0. The lowest BCUT2D eigenvalue weighted by Gasteiger charge is -2.42. The fourth-order valence-electron chi connectivity index (χ4n) is 3.97. The summed E-state index contributed by atoms with van der Waals surface area (Å²) in [6.07, 6.45) is 7.13. The largest absolute Gasteiger partial charge is 0.743 e. The summed E-state index contributed by atoms with van der Waals surface area (Å²) in [4.78, 5) is 11.9. The Balaban J connectivity index is 0.00000100. The number of hydrogen-bond acceptors (Lipinski definition) is 4. The van der Waals surface area contributed by atoms with Crippen molar-refractivity contribution in [2.75, 3.05) is 12.0 Å². The Hall–Kier alpha value is -1.26. The van der Waals surface area contributed by atoms with Crippen molar-refractivity contribution in [3.63, 3.8) is 0 Å². The van der Waals surface area contributed by atoms with E-state index >= 15 is 0 Å². The first kappa shape index (κ1) is 44.7. The molecule has 23 heteroatoms. The molecule has 1 saturated carbocycles. The Morgan fingerprint density at radius 3 is 1.41 bits per heavy atom. The van der Waals surface area contributed by atoms with Crippen LogP contribution in [0.5, 0.6) is 0 Å². The Morgan fingerprint density at radius 2 is 1.04 bits per heavy atom. The van der Waals surface area contributed by atoms with E-state index in [0.717, 1.165) is 23.8 Å². The van der Waals surface area contributed by atoms with Crippen LogP contribution in [0.25, 0.3) is 0 Å². The van der Waals surface area contributed by atoms with E-state index in [2.05, 4.69) is 13.2 Å². The van der Waals surface area contributed by atoms with Crippen molar-refractivity contribution in [2.45, 2.75) is 123 Å².